The molecule has 19 heavy (non-hydrogen) atoms. The molecule has 3 rings (SSSR count). The van der Waals surface area contributed by atoms with E-state index in [-0.39, 0.29) is 5.56 Å². The minimum Gasteiger partial charge on any atom is -0.478 e. The first-order chi connectivity index (χ1) is 9.24. The molecule has 0 aliphatic rings. The van der Waals surface area contributed by atoms with E-state index in [1.807, 2.05) is 0 Å². The van der Waals surface area contributed by atoms with Crippen molar-refractivity contribution in [3.63, 3.8) is 0 Å². The number of imidazole rings is 1. The van der Waals surface area contributed by atoms with Gasteiger partial charge in [-0.2, -0.15) is 0 Å². The number of anilines is 2. The van der Waals surface area contributed by atoms with Crippen LogP contribution in [0.5, 0.6) is 0 Å². The molecule has 3 aromatic rings. The maximum atomic E-state index is 10.9. The maximum absolute atomic E-state index is 10.9. The van der Waals surface area contributed by atoms with Crippen molar-refractivity contribution in [2.45, 2.75) is 0 Å². The lowest BCUT2D eigenvalue weighted by molar-refractivity contribution is 0.0697. The van der Waals surface area contributed by atoms with E-state index in [2.05, 4.69) is 25.3 Å². The van der Waals surface area contributed by atoms with Crippen LogP contribution in [0.4, 0.5) is 11.5 Å². The van der Waals surface area contributed by atoms with Crippen LogP contribution in [0.25, 0.3) is 11.2 Å². The minimum atomic E-state index is -0.976. The Bertz CT molecular complexity index is 752. The number of rotatable bonds is 3. The van der Waals surface area contributed by atoms with Gasteiger partial charge in [-0.05, 0) is 18.2 Å². The molecule has 0 fully saturated rings. The highest BCUT2D eigenvalue weighted by atomic mass is 16.4. The Labute approximate surface area is 107 Å². The molecule has 0 saturated heterocycles. The van der Waals surface area contributed by atoms with E-state index in [1.165, 1.54) is 24.8 Å². The Morgan fingerprint density at radius 2 is 2.16 bits per heavy atom. The second kappa shape index (κ2) is 4.37. The van der Waals surface area contributed by atoms with Crippen LogP contribution < -0.4 is 5.32 Å². The SMILES string of the molecule is O=C(O)c1cccc(Nc2ncnc3[nH]cnc23)c1. The molecule has 0 amide bonds. The van der Waals surface area contributed by atoms with Crippen molar-refractivity contribution in [2.75, 3.05) is 5.32 Å². The zero-order valence-corrected chi connectivity index (χ0v) is 9.66. The smallest absolute Gasteiger partial charge is 0.335 e. The Morgan fingerprint density at radius 1 is 1.26 bits per heavy atom. The highest BCUT2D eigenvalue weighted by Crippen LogP contribution is 2.20. The first kappa shape index (κ1) is 11.1. The summed E-state index contributed by atoms with van der Waals surface area (Å²) < 4.78 is 0. The number of benzene rings is 1. The molecule has 0 unspecified atom stereocenters. The standard InChI is InChI=1S/C12H9N5O2/c18-12(19)7-2-1-3-8(4-7)17-11-9-10(14-5-13-9)15-6-16-11/h1-6H,(H,18,19)(H2,13,14,15,16,17). The van der Waals surface area contributed by atoms with Crippen molar-refractivity contribution in [3.05, 3.63) is 42.5 Å². The number of nitrogens with zero attached hydrogens (tertiary/aromatic N) is 3. The number of aromatic carboxylic acids is 1. The van der Waals surface area contributed by atoms with Gasteiger partial charge < -0.3 is 15.4 Å². The predicted molar refractivity (Wildman–Crippen MR) is 68.4 cm³/mol. The van der Waals surface area contributed by atoms with E-state index >= 15 is 0 Å². The third kappa shape index (κ3) is 2.08. The van der Waals surface area contributed by atoms with Gasteiger partial charge in [0.15, 0.2) is 17.0 Å². The van der Waals surface area contributed by atoms with E-state index in [0.717, 1.165) is 0 Å². The first-order valence-corrected chi connectivity index (χ1v) is 5.48. The summed E-state index contributed by atoms with van der Waals surface area (Å²) in [5.41, 5.74) is 2.05. The summed E-state index contributed by atoms with van der Waals surface area (Å²) in [5, 5.41) is 12.0. The molecule has 0 aliphatic carbocycles. The summed E-state index contributed by atoms with van der Waals surface area (Å²) in [4.78, 5) is 26.0. The summed E-state index contributed by atoms with van der Waals surface area (Å²) >= 11 is 0. The monoisotopic (exact) mass is 255 g/mol. The van der Waals surface area contributed by atoms with E-state index < -0.39 is 5.97 Å². The number of aromatic amines is 1. The van der Waals surface area contributed by atoms with Gasteiger partial charge in [-0.1, -0.05) is 6.07 Å². The highest BCUT2D eigenvalue weighted by Gasteiger charge is 2.08. The molecule has 7 nitrogen and oxygen atoms in total. The minimum absolute atomic E-state index is 0.206. The summed E-state index contributed by atoms with van der Waals surface area (Å²) in [6, 6.07) is 6.47. The number of carboxylic acid groups (broad SMARTS) is 1. The first-order valence-electron chi connectivity index (χ1n) is 5.48. The van der Waals surface area contributed by atoms with Gasteiger partial charge in [-0.3, -0.25) is 0 Å². The lowest BCUT2D eigenvalue weighted by Gasteiger charge is -2.06. The van der Waals surface area contributed by atoms with Gasteiger partial charge in [0.25, 0.3) is 0 Å². The summed E-state index contributed by atoms with van der Waals surface area (Å²) in [6.07, 6.45) is 2.93. The number of nitrogens with one attached hydrogen (secondary N) is 2. The predicted octanol–water partition coefficient (Wildman–Crippen LogP) is 1.79. The van der Waals surface area contributed by atoms with Gasteiger partial charge >= 0.3 is 5.97 Å². The third-order valence-electron chi connectivity index (χ3n) is 2.59. The molecule has 3 N–H and O–H groups in total. The maximum Gasteiger partial charge on any atom is 0.335 e. The summed E-state index contributed by atoms with van der Waals surface area (Å²) in [7, 11) is 0. The molecule has 94 valence electrons. The quantitative estimate of drug-likeness (QED) is 0.659. The normalized spacial score (nSPS) is 10.5. The molecular formula is C12H9N5O2. The molecule has 0 atom stereocenters. The molecule has 0 aliphatic heterocycles. The molecule has 0 saturated carbocycles. The number of H-pyrrole nitrogens is 1. The molecule has 0 bridgehead atoms. The van der Waals surface area contributed by atoms with E-state index in [1.54, 1.807) is 12.1 Å². The van der Waals surface area contributed by atoms with Gasteiger partial charge in [0.05, 0.1) is 11.9 Å². The van der Waals surface area contributed by atoms with Crippen LogP contribution in [0.2, 0.25) is 0 Å². The van der Waals surface area contributed by atoms with Crippen LogP contribution in [0, 0.1) is 0 Å². The number of hydrogen-bond acceptors (Lipinski definition) is 5. The van der Waals surface area contributed by atoms with E-state index in [9.17, 15) is 4.79 Å². The Morgan fingerprint density at radius 3 is 3.00 bits per heavy atom. The van der Waals surface area contributed by atoms with Crippen molar-refractivity contribution in [2.24, 2.45) is 0 Å². The Balaban J connectivity index is 1.99. The van der Waals surface area contributed by atoms with Crippen LogP contribution in [0.3, 0.4) is 0 Å². The fourth-order valence-electron chi connectivity index (χ4n) is 1.72. The van der Waals surface area contributed by atoms with Crippen LogP contribution >= 0.6 is 0 Å². The second-order valence-corrected chi connectivity index (χ2v) is 3.83. The lowest BCUT2D eigenvalue weighted by atomic mass is 10.2. The van der Waals surface area contributed by atoms with Crippen molar-refractivity contribution >= 4 is 28.6 Å². The van der Waals surface area contributed by atoms with E-state index in [0.29, 0.717) is 22.7 Å². The van der Waals surface area contributed by atoms with Gasteiger partial charge in [0.1, 0.15) is 6.33 Å². The molecule has 2 heterocycles. The topological polar surface area (TPSA) is 104 Å². The summed E-state index contributed by atoms with van der Waals surface area (Å²) in [5.74, 6) is -0.454. The molecular weight excluding hydrogens is 246 g/mol. The average Bonchev–Trinajstić information content (AvgIpc) is 2.88. The number of aromatic nitrogens is 4. The number of carbonyl (C=O) groups is 1. The third-order valence-corrected chi connectivity index (χ3v) is 2.59. The molecule has 0 spiro atoms. The zero-order valence-electron chi connectivity index (χ0n) is 9.66. The average molecular weight is 255 g/mol. The lowest BCUT2D eigenvalue weighted by Crippen LogP contribution is -1.99. The largest absolute Gasteiger partial charge is 0.478 e. The van der Waals surface area contributed by atoms with Gasteiger partial charge in [0.2, 0.25) is 0 Å². The molecule has 7 heteroatoms. The molecule has 1 aromatic carbocycles. The van der Waals surface area contributed by atoms with Crippen LogP contribution in [0.1, 0.15) is 10.4 Å². The van der Waals surface area contributed by atoms with E-state index in [4.69, 9.17) is 5.11 Å². The Hall–Kier alpha value is -2.96. The Kier molecular flexibility index (Phi) is 2.57. The summed E-state index contributed by atoms with van der Waals surface area (Å²) in [6.45, 7) is 0. The fraction of sp³-hybridized carbons (Fsp3) is 0. The van der Waals surface area contributed by atoms with Gasteiger partial charge in [-0.15, -0.1) is 0 Å². The van der Waals surface area contributed by atoms with Crippen molar-refractivity contribution < 1.29 is 9.90 Å². The molecule has 2 aromatic heterocycles. The van der Waals surface area contributed by atoms with Gasteiger partial charge in [0, 0.05) is 5.69 Å². The molecule has 0 radical (unpaired) electrons. The fourth-order valence-corrected chi connectivity index (χ4v) is 1.72. The van der Waals surface area contributed by atoms with Crippen molar-refractivity contribution in [3.8, 4) is 0 Å². The number of carboxylic acids is 1. The van der Waals surface area contributed by atoms with Crippen molar-refractivity contribution in [1.82, 2.24) is 19.9 Å². The number of hydrogen-bond donors (Lipinski definition) is 3. The van der Waals surface area contributed by atoms with Gasteiger partial charge in [-0.25, -0.2) is 19.7 Å². The van der Waals surface area contributed by atoms with Crippen LogP contribution in [-0.2, 0) is 0 Å². The highest BCUT2D eigenvalue weighted by molar-refractivity contribution is 5.90. The number of fused-ring (bicyclic) bond motifs is 1. The second-order valence-electron chi connectivity index (χ2n) is 3.83. The van der Waals surface area contributed by atoms with Crippen LogP contribution in [0.15, 0.2) is 36.9 Å². The van der Waals surface area contributed by atoms with Crippen molar-refractivity contribution in [1.29, 1.82) is 0 Å². The van der Waals surface area contributed by atoms with Crippen LogP contribution in [-0.4, -0.2) is 31.0 Å². The zero-order chi connectivity index (χ0) is 13.2.